The Morgan fingerprint density at radius 2 is 1.50 bits per heavy atom. The Balaban J connectivity index is 1.99. The second-order valence-corrected chi connectivity index (χ2v) is 7.03. The number of hydrogen-bond donors (Lipinski definition) is 1. The van der Waals surface area contributed by atoms with Gasteiger partial charge >= 0.3 is 0 Å². The molecule has 0 heterocycles. The molecule has 1 amide bonds. The number of nitrogens with zero attached hydrogens (tertiary/aromatic N) is 1. The molecule has 0 aromatic heterocycles. The van der Waals surface area contributed by atoms with E-state index >= 15 is 0 Å². The van der Waals surface area contributed by atoms with Crippen molar-refractivity contribution in [3.05, 3.63) is 65.7 Å². The second kappa shape index (κ2) is 8.86. The molecule has 4 nitrogen and oxygen atoms in total. The monoisotopic (exact) mass is 355 g/mol. The number of rotatable bonds is 7. The summed E-state index contributed by atoms with van der Waals surface area (Å²) in [5.74, 6) is 0.954. The van der Waals surface area contributed by atoms with Crippen LogP contribution in [0.5, 0.6) is 5.75 Å². The molecule has 0 saturated heterocycles. The SMILES string of the molecule is CC(Oc1ccc(C(C)C)cc1)C(=O)N(C)C(C)C(O)c1ccccc1. The van der Waals surface area contributed by atoms with Gasteiger partial charge in [0.05, 0.1) is 12.1 Å². The Bertz CT molecular complexity index is 697. The van der Waals surface area contributed by atoms with Gasteiger partial charge in [0, 0.05) is 7.05 Å². The molecule has 0 aliphatic carbocycles. The molecule has 140 valence electrons. The molecule has 0 saturated carbocycles. The highest BCUT2D eigenvalue weighted by Crippen LogP contribution is 2.22. The van der Waals surface area contributed by atoms with Gasteiger partial charge in [-0.15, -0.1) is 0 Å². The van der Waals surface area contributed by atoms with Crippen LogP contribution in [-0.2, 0) is 4.79 Å². The molecule has 0 bridgehead atoms. The third kappa shape index (κ3) is 4.85. The molecule has 2 aromatic rings. The molecule has 1 N–H and O–H groups in total. The largest absolute Gasteiger partial charge is 0.481 e. The third-order valence-corrected chi connectivity index (χ3v) is 4.76. The van der Waals surface area contributed by atoms with Gasteiger partial charge in [-0.2, -0.15) is 0 Å². The summed E-state index contributed by atoms with van der Waals surface area (Å²) in [4.78, 5) is 14.2. The standard InChI is InChI=1S/C22H29NO3/c1-15(2)18-11-13-20(14-12-18)26-17(4)22(25)23(5)16(3)21(24)19-9-7-6-8-10-19/h6-17,21,24H,1-5H3. The topological polar surface area (TPSA) is 49.8 Å². The summed E-state index contributed by atoms with van der Waals surface area (Å²) in [5, 5.41) is 10.5. The Hall–Kier alpha value is -2.33. The van der Waals surface area contributed by atoms with E-state index in [1.807, 2.05) is 61.5 Å². The van der Waals surface area contributed by atoms with Crippen LogP contribution in [0.3, 0.4) is 0 Å². The molecule has 0 fully saturated rings. The van der Waals surface area contributed by atoms with Crippen LogP contribution >= 0.6 is 0 Å². The van der Waals surface area contributed by atoms with Crippen molar-refractivity contribution in [3.63, 3.8) is 0 Å². The van der Waals surface area contributed by atoms with Crippen molar-refractivity contribution < 1.29 is 14.6 Å². The molecule has 0 spiro atoms. The third-order valence-electron chi connectivity index (χ3n) is 4.76. The van der Waals surface area contributed by atoms with Crippen LogP contribution in [0.4, 0.5) is 0 Å². The first-order chi connectivity index (χ1) is 12.3. The predicted molar refractivity (Wildman–Crippen MR) is 104 cm³/mol. The number of carbonyl (C=O) groups is 1. The lowest BCUT2D eigenvalue weighted by Gasteiger charge is -2.31. The van der Waals surface area contributed by atoms with Gasteiger partial charge in [-0.3, -0.25) is 4.79 Å². The maximum Gasteiger partial charge on any atom is 0.263 e. The summed E-state index contributed by atoms with van der Waals surface area (Å²) < 4.78 is 5.79. The Morgan fingerprint density at radius 1 is 0.923 bits per heavy atom. The van der Waals surface area contributed by atoms with Crippen molar-refractivity contribution in [1.82, 2.24) is 4.90 Å². The van der Waals surface area contributed by atoms with Crippen LogP contribution in [-0.4, -0.2) is 35.1 Å². The van der Waals surface area contributed by atoms with Crippen molar-refractivity contribution in [2.45, 2.75) is 51.9 Å². The molecule has 2 aromatic carbocycles. The van der Waals surface area contributed by atoms with Crippen molar-refractivity contribution in [2.75, 3.05) is 7.05 Å². The highest BCUT2D eigenvalue weighted by molar-refractivity contribution is 5.81. The number of aliphatic hydroxyl groups excluding tert-OH is 1. The lowest BCUT2D eigenvalue weighted by Crippen LogP contribution is -2.45. The number of likely N-dealkylation sites (N-methyl/N-ethyl adjacent to an activating group) is 1. The summed E-state index contributed by atoms with van der Waals surface area (Å²) in [6, 6.07) is 16.8. The molecule has 26 heavy (non-hydrogen) atoms. The summed E-state index contributed by atoms with van der Waals surface area (Å²) >= 11 is 0. The first kappa shape index (κ1) is 20.0. The van der Waals surface area contributed by atoms with E-state index in [2.05, 4.69) is 13.8 Å². The fraction of sp³-hybridized carbons (Fsp3) is 0.409. The quantitative estimate of drug-likeness (QED) is 0.811. The maximum atomic E-state index is 12.7. The van der Waals surface area contributed by atoms with Crippen LogP contribution < -0.4 is 4.74 Å². The maximum absolute atomic E-state index is 12.7. The fourth-order valence-electron chi connectivity index (χ4n) is 2.81. The predicted octanol–water partition coefficient (Wildman–Crippen LogP) is 4.16. The summed E-state index contributed by atoms with van der Waals surface area (Å²) in [7, 11) is 1.70. The van der Waals surface area contributed by atoms with Crippen molar-refractivity contribution >= 4 is 5.91 Å². The molecule has 2 rings (SSSR count). The van der Waals surface area contributed by atoms with Gasteiger partial charge in [0.2, 0.25) is 0 Å². The van der Waals surface area contributed by atoms with E-state index in [9.17, 15) is 9.90 Å². The van der Waals surface area contributed by atoms with Crippen LogP contribution in [0, 0.1) is 0 Å². The number of carbonyl (C=O) groups excluding carboxylic acids is 1. The lowest BCUT2D eigenvalue weighted by molar-refractivity contribution is -0.140. The van der Waals surface area contributed by atoms with Gasteiger partial charge in [-0.25, -0.2) is 0 Å². The number of aliphatic hydroxyl groups is 1. The van der Waals surface area contributed by atoms with Crippen LogP contribution in [0.2, 0.25) is 0 Å². The number of hydrogen-bond acceptors (Lipinski definition) is 3. The van der Waals surface area contributed by atoms with Crippen LogP contribution in [0.1, 0.15) is 50.8 Å². The van der Waals surface area contributed by atoms with Gasteiger partial charge in [-0.05, 0) is 43.0 Å². The minimum absolute atomic E-state index is 0.166. The zero-order chi connectivity index (χ0) is 19.3. The Kier molecular flexibility index (Phi) is 6.81. The fourth-order valence-corrected chi connectivity index (χ4v) is 2.81. The molecular weight excluding hydrogens is 326 g/mol. The highest BCUT2D eigenvalue weighted by Gasteiger charge is 2.28. The van der Waals surface area contributed by atoms with Crippen molar-refractivity contribution in [2.24, 2.45) is 0 Å². The minimum atomic E-state index is -0.748. The average Bonchev–Trinajstić information content (AvgIpc) is 2.66. The minimum Gasteiger partial charge on any atom is -0.481 e. The summed E-state index contributed by atoms with van der Waals surface area (Å²) in [6.45, 7) is 7.84. The van der Waals surface area contributed by atoms with Gasteiger partial charge in [-0.1, -0.05) is 56.3 Å². The van der Waals surface area contributed by atoms with Crippen molar-refractivity contribution in [3.8, 4) is 5.75 Å². The van der Waals surface area contributed by atoms with E-state index in [0.29, 0.717) is 11.7 Å². The molecule has 3 unspecified atom stereocenters. The van der Waals surface area contributed by atoms with Gasteiger partial charge in [0.1, 0.15) is 5.75 Å². The van der Waals surface area contributed by atoms with E-state index in [0.717, 1.165) is 5.56 Å². The summed E-state index contributed by atoms with van der Waals surface area (Å²) in [5.41, 5.74) is 2.02. The first-order valence-electron chi connectivity index (χ1n) is 9.07. The van der Waals surface area contributed by atoms with Gasteiger partial charge < -0.3 is 14.7 Å². The van der Waals surface area contributed by atoms with Crippen molar-refractivity contribution in [1.29, 1.82) is 0 Å². The normalized spacial score (nSPS) is 14.6. The van der Waals surface area contributed by atoms with E-state index in [-0.39, 0.29) is 11.9 Å². The average molecular weight is 355 g/mol. The highest BCUT2D eigenvalue weighted by atomic mass is 16.5. The number of benzene rings is 2. The second-order valence-electron chi connectivity index (χ2n) is 7.03. The molecule has 3 atom stereocenters. The molecule has 0 aliphatic rings. The van der Waals surface area contributed by atoms with E-state index in [1.54, 1.807) is 18.9 Å². The van der Waals surface area contributed by atoms with Crippen LogP contribution in [0.15, 0.2) is 54.6 Å². The van der Waals surface area contributed by atoms with E-state index in [4.69, 9.17) is 4.74 Å². The summed E-state index contributed by atoms with van der Waals surface area (Å²) in [6.07, 6.45) is -1.38. The number of ether oxygens (including phenoxy) is 1. The first-order valence-corrected chi connectivity index (χ1v) is 9.07. The van der Waals surface area contributed by atoms with E-state index < -0.39 is 12.2 Å². The lowest BCUT2D eigenvalue weighted by atomic mass is 10.0. The van der Waals surface area contributed by atoms with Gasteiger partial charge in [0.15, 0.2) is 6.10 Å². The molecule has 0 radical (unpaired) electrons. The van der Waals surface area contributed by atoms with E-state index in [1.165, 1.54) is 5.56 Å². The molecule has 0 aliphatic heterocycles. The molecular formula is C22H29NO3. The zero-order valence-corrected chi connectivity index (χ0v) is 16.2. The Labute approximate surface area is 156 Å². The molecule has 4 heteroatoms. The Morgan fingerprint density at radius 3 is 2.04 bits per heavy atom. The van der Waals surface area contributed by atoms with Crippen LogP contribution in [0.25, 0.3) is 0 Å². The number of amides is 1. The smallest absolute Gasteiger partial charge is 0.263 e. The van der Waals surface area contributed by atoms with Gasteiger partial charge in [0.25, 0.3) is 5.91 Å². The zero-order valence-electron chi connectivity index (χ0n) is 16.2.